The molecule has 0 fully saturated rings. The molecule has 0 saturated carbocycles. The largest absolute Gasteiger partial charge is 0.441 e. The molecular weight excluding hydrogens is 375 g/mol. The standard InChI is InChI=1S/C14H16ClIN2O/c1-9(2)17-6-5-14-18-8-13(19-14)10-3-4-12(16)11(15)7-10/h3-4,7-9,17H,5-6H2,1-2H3. The third-order valence-corrected chi connectivity index (χ3v) is 4.22. The van der Waals surface area contributed by atoms with Crippen LogP contribution >= 0.6 is 34.2 Å². The zero-order valence-corrected chi connectivity index (χ0v) is 13.8. The fourth-order valence-electron chi connectivity index (χ4n) is 1.68. The normalized spacial score (nSPS) is 11.2. The van der Waals surface area contributed by atoms with Crippen molar-refractivity contribution < 1.29 is 4.42 Å². The van der Waals surface area contributed by atoms with Crippen molar-refractivity contribution in [3.63, 3.8) is 0 Å². The van der Waals surface area contributed by atoms with Gasteiger partial charge in [-0.15, -0.1) is 0 Å². The van der Waals surface area contributed by atoms with E-state index in [1.807, 2.05) is 18.2 Å². The summed E-state index contributed by atoms with van der Waals surface area (Å²) in [4.78, 5) is 4.29. The van der Waals surface area contributed by atoms with E-state index in [0.29, 0.717) is 6.04 Å². The van der Waals surface area contributed by atoms with Crippen molar-refractivity contribution in [1.29, 1.82) is 0 Å². The van der Waals surface area contributed by atoms with E-state index in [4.69, 9.17) is 16.0 Å². The molecule has 0 radical (unpaired) electrons. The number of halogens is 2. The van der Waals surface area contributed by atoms with Gasteiger partial charge in [0.1, 0.15) is 0 Å². The summed E-state index contributed by atoms with van der Waals surface area (Å²) in [5.74, 6) is 1.51. The van der Waals surface area contributed by atoms with Gasteiger partial charge in [0.2, 0.25) is 0 Å². The number of rotatable bonds is 5. The van der Waals surface area contributed by atoms with Crippen LogP contribution in [0.2, 0.25) is 5.02 Å². The van der Waals surface area contributed by atoms with Gasteiger partial charge in [-0.1, -0.05) is 31.5 Å². The fourth-order valence-corrected chi connectivity index (χ4v) is 2.19. The van der Waals surface area contributed by atoms with Crippen molar-refractivity contribution in [1.82, 2.24) is 10.3 Å². The SMILES string of the molecule is CC(C)NCCc1ncc(-c2ccc(I)c(Cl)c2)o1. The Morgan fingerprint density at radius 2 is 2.21 bits per heavy atom. The van der Waals surface area contributed by atoms with E-state index in [0.717, 1.165) is 38.8 Å². The molecule has 0 amide bonds. The van der Waals surface area contributed by atoms with Crippen molar-refractivity contribution in [3.8, 4) is 11.3 Å². The van der Waals surface area contributed by atoms with Crippen LogP contribution in [0.15, 0.2) is 28.8 Å². The van der Waals surface area contributed by atoms with Crippen LogP contribution in [-0.2, 0) is 6.42 Å². The molecule has 0 atom stereocenters. The molecule has 0 bridgehead atoms. The summed E-state index contributed by atoms with van der Waals surface area (Å²) < 4.78 is 6.77. The van der Waals surface area contributed by atoms with Gasteiger partial charge in [-0.2, -0.15) is 0 Å². The predicted molar refractivity (Wildman–Crippen MR) is 86.5 cm³/mol. The Labute approximate surface area is 131 Å². The van der Waals surface area contributed by atoms with Gasteiger partial charge in [0.05, 0.1) is 11.2 Å². The monoisotopic (exact) mass is 390 g/mol. The summed E-state index contributed by atoms with van der Waals surface area (Å²) in [6, 6.07) is 6.34. The molecule has 0 saturated heterocycles. The van der Waals surface area contributed by atoms with Gasteiger partial charge in [0, 0.05) is 28.1 Å². The molecule has 1 aromatic heterocycles. The van der Waals surface area contributed by atoms with Crippen LogP contribution in [0.25, 0.3) is 11.3 Å². The molecule has 1 N–H and O–H groups in total. The van der Waals surface area contributed by atoms with Crippen molar-refractivity contribution in [2.24, 2.45) is 0 Å². The van der Waals surface area contributed by atoms with E-state index in [1.54, 1.807) is 6.20 Å². The summed E-state index contributed by atoms with van der Waals surface area (Å²) in [6.07, 6.45) is 2.54. The van der Waals surface area contributed by atoms with Crippen molar-refractivity contribution in [2.75, 3.05) is 6.54 Å². The summed E-state index contributed by atoms with van der Waals surface area (Å²) >= 11 is 8.31. The Bertz CT molecular complexity index is 554. The first-order valence-corrected chi connectivity index (χ1v) is 7.65. The van der Waals surface area contributed by atoms with Crippen LogP contribution in [0.5, 0.6) is 0 Å². The molecule has 2 aromatic rings. The van der Waals surface area contributed by atoms with Crippen LogP contribution < -0.4 is 5.32 Å². The number of oxazole rings is 1. The number of benzene rings is 1. The fraction of sp³-hybridized carbons (Fsp3) is 0.357. The maximum absolute atomic E-state index is 6.11. The van der Waals surface area contributed by atoms with Crippen molar-refractivity contribution in [2.45, 2.75) is 26.3 Å². The third kappa shape index (κ3) is 4.19. The smallest absolute Gasteiger partial charge is 0.196 e. The Morgan fingerprint density at radius 1 is 1.42 bits per heavy atom. The maximum atomic E-state index is 6.11. The third-order valence-electron chi connectivity index (χ3n) is 2.65. The highest BCUT2D eigenvalue weighted by atomic mass is 127. The summed E-state index contributed by atoms with van der Waals surface area (Å²) in [5.41, 5.74) is 0.959. The zero-order valence-electron chi connectivity index (χ0n) is 10.9. The topological polar surface area (TPSA) is 38.1 Å². The molecule has 2 rings (SSSR count). The number of aromatic nitrogens is 1. The molecular formula is C14H16ClIN2O. The van der Waals surface area contributed by atoms with Gasteiger partial charge in [-0.3, -0.25) is 0 Å². The second kappa shape index (κ2) is 6.72. The Morgan fingerprint density at radius 3 is 2.89 bits per heavy atom. The number of nitrogens with one attached hydrogen (secondary N) is 1. The van der Waals surface area contributed by atoms with Crippen LogP contribution in [0.3, 0.4) is 0 Å². The van der Waals surface area contributed by atoms with E-state index in [2.05, 4.69) is 46.7 Å². The summed E-state index contributed by atoms with van der Waals surface area (Å²) in [7, 11) is 0. The highest BCUT2D eigenvalue weighted by Gasteiger charge is 2.08. The molecule has 5 heteroatoms. The minimum absolute atomic E-state index is 0.476. The van der Waals surface area contributed by atoms with Crippen LogP contribution in [0, 0.1) is 3.57 Å². The molecule has 1 heterocycles. The van der Waals surface area contributed by atoms with E-state index in [9.17, 15) is 0 Å². The lowest BCUT2D eigenvalue weighted by atomic mass is 10.2. The molecule has 0 aliphatic rings. The first kappa shape index (κ1) is 14.8. The Balaban J connectivity index is 2.05. The number of hydrogen-bond donors (Lipinski definition) is 1. The molecule has 0 aliphatic heterocycles. The second-order valence-corrected chi connectivity index (χ2v) is 6.18. The van der Waals surface area contributed by atoms with Crippen LogP contribution in [-0.4, -0.2) is 17.6 Å². The minimum Gasteiger partial charge on any atom is -0.441 e. The minimum atomic E-state index is 0.476. The highest BCUT2D eigenvalue weighted by molar-refractivity contribution is 14.1. The number of hydrogen-bond acceptors (Lipinski definition) is 3. The van der Waals surface area contributed by atoms with E-state index < -0.39 is 0 Å². The quantitative estimate of drug-likeness (QED) is 0.780. The Kier molecular flexibility index (Phi) is 5.24. The molecule has 0 spiro atoms. The van der Waals surface area contributed by atoms with E-state index in [1.165, 1.54) is 0 Å². The summed E-state index contributed by atoms with van der Waals surface area (Å²) in [5, 5.41) is 4.07. The molecule has 0 unspecified atom stereocenters. The van der Waals surface area contributed by atoms with E-state index >= 15 is 0 Å². The lowest BCUT2D eigenvalue weighted by Crippen LogP contribution is -2.24. The van der Waals surface area contributed by atoms with Gasteiger partial charge >= 0.3 is 0 Å². The van der Waals surface area contributed by atoms with Gasteiger partial charge in [0.15, 0.2) is 11.7 Å². The first-order valence-electron chi connectivity index (χ1n) is 6.20. The molecule has 102 valence electrons. The average Bonchev–Trinajstić information content (AvgIpc) is 2.81. The van der Waals surface area contributed by atoms with E-state index in [-0.39, 0.29) is 0 Å². The maximum Gasteiger partial charge on any atom is 0.196 e. The van der Waals surface area contributed by atoms with Gasteiger partial charge in [0.25, 0.3) is 0 Å². The van der Waals surface area contributed by atoms with Gasteiger partial charge in [-0.05, 0) is 34.7 Å². The molecule has 1 aromatic carbocycles. The lowest BCUT2D eigenvalue weighted by Gasteiger charge is -2.05. The summed E-state index contributed by atoms with van der Waals surface area (Å²) in [6.45, 7) is 5.11. The highest BCUT2D eigenvalue weighted by Crippen LogP contribution is 2.27. The number of nitrogens with zero attached hydrogens (tertiary/aromatic N) is 1. The first-order chi connectivity index (χ1) is 9.06. The predicted octanol–water partition coefficient (Wildman–Crippen LogP) is 4.14. The Hall–Kier alpha value is -0.590. The zero-order chi connectivity index (χ0) is 13.8. The molecule has 3 nitrogen and oxygen atoms in total. The van der Waals surface area contributed by atoms with Gasteiger partial charge < -0.3 is 9.73 Å². The molecule has 0 aliphatic carbocycles. The lowest BCUT2D eigenvalue weighted by molar-refractivity contribution is 0.484. The van der Waals surface area contributed by atoms with Gasteiger partial charge in [-0.25, -0.2) is 4.98 Å². The van der Waals surface area contributed by atoms with Crippen molar-refractivity contribution in [3.05, 3.63) is 38.9 Å². The van der Waals surface area contributed by atoms with Crippen molar-refractivity contribution >= 4 is 34.2 Å². The average molecular weight is 391 g/mol. The molecule has 19 heavy (non-hydrogen) atoms. The second-order valence-electron chi connectivity index (χ2n) is 4.61. The van der Waals surface area contributed by atoms with Crippen LogP contribution in [0.1, 0.15) is 19.7 Å². The van der Waals surface area contributed by atoms with Crippen LogP contribution in [0.4, 0.5) is 0 Å².